The second-order valence-corrected chi connectivity index (χ2v) is 7.28. The first-order valence-corrected chi connectivity index (χ1v) is 9.75. The molecule has 0 N–H and O–H groups in total. The molecule has 0 fully saturated rings. The Morgan fingerprint density at radius 1 is 1.14 bits per heavy atom. The van der Waals surface area contributed by atoms with Crippen LogP contribution in [0.3, 0.4) is 0 Å². The zero-order chi connectivity index (χ0) is 19.7. The molecule has 2 aromatic heterocycles. The molecule has 0 aliphatic rings. The summed E-state index contributed by atoms with van der Waals surface area (Å²) in [5, 5.41) is 9.46. The van der Waals surface area contributed by atoms with Gasteiger partial charge >= 0.3 is 0 Å². The maximum absolute atomic E-state index is 12.9. The third-order valence-electron chi connectivity index (χ3n) is 4.75. The molecule has 4 rings (SSSR count). The standard InChI is InChI=1S/C21H19N3O3S/c1-13-19(16-6-4-5-7-17(16)24(13)2)18(25)12-28-21-23-22-20(27-21)14-8-10-15(26-3)11-9-14/h4-11H,12H2,1-3H3. The van der Waals surface area contributed by atoms with Crippen molar-refractivity contribution in [3.8, 4) is 17.2 Å². The molecule has 2 aromatic carbocycles. The largest absolute Gasteiger partial charge is 0.497 e. The molecule has 0 bridgehead atoms. The van der Waals surface area contributed by atoms with E-state index in [-0.39, 0.29) is 11.5 Å². The van der Waals surface area contributed by atoms with Crippen LogP contribution in [0.15, 0.2) is 58.2 Å². The fourth-order valence-corrected chi connectivity index (χ4v) is 3.83. The maximum atomic E-state index is 12.9. The second kappa shape index (κ2) is 7.52. The van der Waals surface area contributed by atoms with Gasteiger partial charge < -0.3 is 13.7 Å². The number of ketones is 1. The molecular formula is C21H19N3O3S. The zero-order valence-electron chi connectivity index (χ0n) is 15.8. The van der Waals surface area contributed by atoms with Gasteiger partial charge in [-0.3, -0.25) is 4.79 Å². The van der Waals surface area contributed by atoms with Crippen molar-refractivity contribution in [2.45, 2.75) is 12.1 Å². The third kappa shape index (κ3) is 3.29. The quantitative estimate of drug-likeness (QED) is 0.354. The topological polar surface area (TPSA) is 70.2 Å². The van der Waals surface area contributed by atoms with Gasteiger partial charge in [-0.15, -0.1) is 10.2 Å². The molecule has 7 heteroatoms. The van der Waals surface area contributed by atoms with Gasteiger partial charge in [0.25, 0.3) is 5.22 Å². The van der Waals surface area contributed by atoms with E-state index in [1.54, 1.807) is 7.11 Å². The van der Waals surface area contributed by atoms with Crippen molar-refractivity contribution < 1.29 is 13.9 Å². The molecule has 4 aromatic rings. The molecule has 0 aliphatic carbocycles. The number of para-hydroxylation sites is 1. The molecule has 0 radical (unpaired) electrons. The number of thioether (sulfide) groups is 1. The number of rotatable bonds is 6. The minimum Gasteiger partial charge on any atom is -0.497 e. The average molecular weight is 393 g/mol. The number of carbonyl (C=O) groups excluding carboxylic acids is 1. The number of aromatic nitrogens is 3. The van der Waals surface area contributed by atoms with Gasteiger partial charge in [0.2, 0.25) is 5.89 Å². The summed E-state index contributed by atoms with van der Waals surface area (Å²) in [6, 6.07) is 15.3. The fraction of sp³-hybridized carbons (Fsp3) is 0.190. The van der Waals surface area contributed by atoms with Gasteiger partial charge in [-0.1, -0.05) is 30.0 Å². The van der Waals surface area contributed by atoms with Crippen molar-refractivity contribution in [1.29, 1.82) is 0 Å². The van der Waals surface area contributed by atoms with Crippen molar-refractivity contribution in [3.63, 3.8) is 0 Å². The van der Waals surface area contributed by atoms with E-state index in [1.807, 2.05) is 67.1 Å². The van der Waals surface area contributed by atoms with Crippen LogP contribution in [0.25, 0.3) is 22.4 Å². The van der Waals surface area contributed by atoms with Crippen LogP contribution in [0.1, 0.15) is 16.1 Å². The third-order valence-corrected chi connectivity index (χ3v) is 5.57. The number of benzene rings is 2. The predicted molar refractivity (Wildman–Crippen MR) is 109 cm³/mol. The van der Waals surface area contributed by atoms with Crippen LogP contribution in [-0.4, -0.2) is 33.4 Å². The van der Waals surface area contributed by atoms with Gasteiger partial charge in [-0.25, -0.2) is 0 Å². The van der Waals surface area contributed by atoms with E-state index in [0.29, 0.717) is 11.1 Å². The Bertz CT molecular complexity index is 1150. The molecule has 142 valence electrons. The lowest BCUT2D eigenvalue weighted by molar-refractivity contribution is 0.102. The maximum Gasteiger partial charge on any atom is 0.277 e. The summed E-state index contributed by atoms with van der Waals surface area (Å²) < 4.78 is 12.9. The van der Waals surface area contributed by atoms with Gasteiger partial charge in [0.1, 0.15) is 5.75 Å². The molecule has 28 heavy (non-hydrogen) atoms. The van der Waals surface area contributed by atoms with Crippen LogP contribution in [-0.2, 0) is 7.05 Å². The summed E-state index contributed by atoms with van der Waals surface area (Å²) in [6.07, 6.45) is 0. The Morgan fingerprint density at radius 2 is 1.89 bits per heavy atom. The number of ether oxygens (including phenoxy) is 1. The molecule has 0 atom stereocenters. The summed E-state index contributed by atoms with van der Waals surface area (Å²) in [5.41, 5.74) is 3.56. The van der Waals surface area contributed by atoms with Gasteiger partial charge in [-0.2, -0.15) is 0 Å². The lowest BCUT2D eigenvalue weighted by atomic mass is 10.1. The molecule has 0 unspecified atom stereocenters. The Hall–Kier alpha value is -3.06. The van der Waals surface area contributed by atoms with Crippen molar-refractivity contribution in [1.82, 2.24) is 14.8 Å². The number of hydrogen-bond donors (Lipinski definition) is 0. The van der Waals surface area contributed by atoms with Crippen molar-refractivity contribution in [2.24, 2.45) is 7.05 Å². The molecule has 0 amide bonds. The lowest BCUT2D eigenvalue weighted by Gasteiger charge is -2.01. The first kappa shape index (κ1) is 18.3. The Balaban J connectivity index is 1.50. The normalized spacial score (nSPS) is 11.1. The highest BCUT2D eigenvalue weighted by atomic mass is 32.2. The summed E-state index contributed by atoms with van der Waals surface area (Å²) in [7, 11) is 3.59. The summed E-state index contributed by atoms with van der Waals surface area (Å²) in [4.78, 5) is 12.9. The van der Waals surface area contributed by atoms with E-state index in [4.69, 9.17) is 9.15 Å². The number of hydrogen-bond acceptors (Lipinski definition) is 6. The Kier molecular flexibility index (Phi) is 4.92. The monoisotopic (exact) mass is 393 g/mol. The number of aryl methyl sites for hydroxylation is 1. The highest BCUT2D eigenvalue weighted by molar-refractivity contribution is 7.99. The molecule has 0 saturated carbocycles. The van der Waals surface area contributed by atoms with Gasteiger partial charge in [0, 0.05) is 34.8 Å². The SMILES string of the molecule is COc1ccc(-c2nnc(SCC(=O)c3c(C)n(C)c4ccccc34)o2)cc1. The number of methoxy groups -OCH3 is 1. The first-order chi connectivity index (χ1) is 13.6. The number of carbonyl (C=O) groups is 1. The summed E-state index contributed by atoms with van der Waals surface area (Å²) in [5.74, 6) is 1.45. The molecule has 0 saturated heterocycles. The number of Topliss-reactive ketones (excluding diaryl/α,β-unsaturated/α-hetero) is 1. The van der Waals surface area contributed by atoms with E-state index in [1.165, 1.54) is 11.8 Å². The van der Waals surface area contributed by atoms with Crippen molar-refractivity contribution in [2.75, 3.05) is 12.9 Å². The summed E-state index contributed by atoms with van der Waals surface area (Å²) in [6.45, 7) is 1.96. The first-order valence-electron chi connectivity index (χ1n) is 8.76. The molecule has 6 nitrogen and oxygen atoms in total. The fourth-order valence-electron chi connectivity index (χ4n) is 3.19. The van der Waals surface area contributed by atoms with E-state index < -0.39 is 0 Å². The molecule has 0 spiro atoms. The average Bonchev–Trinajstić information content (AvgIpc) is 3.30. The van der Waals surface area contributed by atoms with E-state index in [0.717, 1.165) is 33.5 Å². The highest BCUT2D eigenvalue weighted by Crippen LogP contribution is 2.28. The Labute approximate surface area is 166 Å². The summed E-state index contributed by atoms with van der Waals surface area (Å²) >= 11 is 1.25. The molecular weight excluding hydrogens is 374 g/mol. The Morgan fingerprint density at radius 3 is 2.64 bits per heavy atom. The van der Waals surface area contributed by atoms with Gasteiger partial charge in [0.05, 0.1) is 12.9 Å². The van der Waals surface area contributed by atoms with E-state index in [2.05, 4.69) is 10.2 Å². The van der Waals surface area contributed by atoms with Crippen LogP contribution < -0.4 is 4.74 Å². The molecule has 0 aliphatic heterocycles. The number of fused-ring (bicyclic) bond motifs is 1. The van der Waals surface area contributed by atoms with Crippen molar-refractivity contribution in [3.05, 3.63) is 59.8 Å². The molecule has 2 heterocycles. The van der Waals surface area contributed by atoms with E-state index in [9.17, 15) is 4.79 Å². The van der Waals surface area contributed by atoms with E-state index >= 15 is 0 Å². The van der Waals surface area contributed by atoms with Gasteiger partial charge in [0.15, 0.2) is 5.78 Å². The minimum absolute atomic E-state index is 0.0449. The number of nitrogens with zero attached hydrogens (tertiary/aromatic N) is 3. The van der Waals surface area contributed by atoms with Crippen LogP contribution in [0.4, 0.5) is 0 Å². The minimum atomic E-state index is 0.0449. The zero-order valence-corrected chi connectivity index (χ0v) is 16.6. The smallest absolute Gasteiger partial charge is 0.277 e. The highest BCUT2D eigenvalue weighted by Gasteiger charge is 2.19. The predicted octanol–water partition coefficient (Wildman–Crippen LogP) is 4.52. The second-order valence-electron chi connectivity index (χ2n) is 6.35. The van der Waals surface area contributed by atoms with Gasteiger partial charge in [-0.05, 0) is 37.3 Å². The van der Waals surface area contributed by atoms with Crippen LogP contribution in [0.2, 0.25) is 0 Å². The lowest BCUT2D eigenvalue weighted by Crippen LogP contribution is -2.04. The van der Waals surface area contributed by atoms with Crippen LogP contribution >= 0.6 is 11.8 Å². The van der Waals surface area contributed by atoms with Crippen molar-refractivity contribution >= 4 is 28.4 Å². The van der Waals surface area contributed by atoms with Crippen LogP contribution in [0.5, 0.6) is 5.75 Å². The van der Waals surface area contributed by atoms with Crippen LogP contribution in [0, 0.1) is 6.92 Å².